The number of nitrogens with two attached hydrogens (primary N) is 1. The lowest BCUT2D eigenvalue weighted by Crippen LogP contribution is -2.15. The number of hydrogen-bond acceptors (Lipinski definition) is 7. The van der Waals surface area contributed by atoms with Crippen LogP contribution in [0, 0.1) is 6.92 Å². The Morgan fingerprint density at radius 1 is 1.06 bits per heavy atom. The molecule has 0 amide bonds. The lowest BCUT2D eigenvalue weighted by Gasteiger charge is -2.07. The van der Waals surface area contributed by atoms with Crippen molar-refractivity contribution in [2.24, 2.45) is 0 Å². The van der Waals surface area contributed by atoms with Crippen LogP contribution in [0.5, 0.6) is 5.75 Å². The Balaban J connectivity index is 1.58. The summed E-state index contributed by atoms with van der Waals surface area (Å²) in [5, 5.41) is 0.699. The number of hydrogen-bond donors (Lipinski definition) is 1. The molecule has 0 atom stereocenters. The molecule has 0 saturated carbocycles. The molecule has 0 aliphatic rings. The van der Waals surface area contributed by atoms with Gasteiger partial charge in [-0.15, -0.1) is 11.3 Å². The van der Waals surface area contributed by atoms with E-state index >= 15 is 0 Å². The van der Waals surface area contributed by atoms with Crippen LogP contribution < -0.4 is 10.5 Å². The normalized spacial score (nSPS) is 10.8. The van der Waals surface area contributed by atoms with E-state index in [0.717, 1.165) is 28.2 Å². The summed E-state index contributed by atoms with van der Waals surface area (Å²) >= 11 is 1.16. The van der Waals surface area contributed by atoms with Gasteiger partial charge in [-0.3, -0.25) is 4.79 Å². The number of aromatic nitrogens is 1. The van der Waals surface area contributed by atoms with Crippen molar-refractivity contribution in [1.82, 2.24) is 4.98 Å². The highest BCUT2D eigenvalue weighted by atomic mass is 32.1. The maximum atomic E-state index is 12.7. The van der Waals surface area contributed by atoms with Crippen LogP contribution >= 0.6 is 11.3 Å². The summed E-state index contributed by atoms with van der Waals surface area (Å²) in [6.07, 6.45) is 0. The summed E-state index contributed by atoms with van der Waals surface area (Å²) in [4.78, 5) is 30.7. The van der Waals surface area contributed by atoms with Gasteiger partial charge in [0.1, 0.15) is 15.5 Å². The van der Waals surface area contributed by atoms with Gasteiger partial charge in [0.15, 0.2) is 6.61 Å². The molecule has 0 bridgehead atoms. The number of nitrogen functional groups attached to an aromatic ring is 1. The summed E-state index contributed by atoms with van der Waals surface area (Å²) < 4.78 is 10.4. The number of benzene rings is 2. The number of ketones is 1. The fourth-order valence-corrected chi connectivity index (χ4v) is 4.30. The Bertz CT molecular complexity index is 1280. The number of ether oxygens (including phenoxy) is 2. The number of fused-ring (bicyclic) bond motifs is 1. The lowest BCUT2D eigenvalue weighted by atomic mass is 10.1. The van der Waals surface area contributed by atoms with Crippen LogP contribution in [-0.4, -0.2) is 30.5 Å². The van der Waals surface area contributed by atoms with Crippen LogP contribution in [0.3, 0.4) is 0 Å². The fourth-order valence-electron chi connectivity index (χ4n) is 3.33. The molecule has 2 aromatic carbocycles. The van der Waals surface area contributed by atoms with Crippen LogP contribution in [0.1, 0.15) is 25.6 Å². The van der Waals surface area contributed by atoms with Gasteiger partial charge in [0.05, 0.1) is 24.1 Å². The fraction of sp³-hybridized carbons (Fsp3) is 0.125. The minimum atomic E-state index is -0.650. The second kappa shape index (κ2) is 8.57. The zero-order chi connectivity index (χ0) is 22.0. The summed E-state index contributed by atoms with van der Waals surface area (Å²) in [7, 11) is 1.48. The van der Waals surface area contributed by atoms with Gasteiger partial charge in [0.25, 0.3) is 0 Å². The second-order valence-corrected chi connectivity index (χ2v) is 7.92. The van der Waals surface area contributed by atoms with Gasteiger partial charge in [-0.2, -0.15) is 0 Å². The van der Waals surface area contributed by atoms with Gasteiger partial charge in [-0.1, -0.05) is 42.5 Å². The number of anilines is 1. The lowest BCUT2D eigenvalue weighted by molar-refractivity contribution is 0.0480. The van der Waals surface area contributed by atoms with E-state index < -0.39 is 12.6 Å². The Morgan fingerprint density at radius 2 is 1.77 bits per heavy atom. The molecule has 0 radical (unpaired) electrons. The molecule has 4 aromatic rings. The number of rotatable bonds is 6. The van der Waals surface area contributed by atoms with Crippen molar-refractivity contribution in [2.75, 3.05) is 19.5 Å². The highest BCUT2D eigenvalue weighted by Gasteiger charge is 2.22. The van der Waals surface area contributed by atoms with E-state index in [0.29, 0.717) is 27.2 Å². The first-order valence-corrected chi connectivity index (χ1v) is 10.4. The molecule has 156 valence electrons. The molecule has 2 N–H and O–H groups in total. The third-order valence-corrected chi connectivity index (χ3v) is 5.98. The third-order valence-electron chi connectivity index (χ3n) is 4.89. The highest BCUT2D eigenvalue weighted by molar-refractivity contribution is 7.21. The summed E-state index contributed by atoms with van der Waals surface area (Å²) in [6.45, 7) is 1.55. The summed E-state index contributed by atoms with van der Waals surface area (Å²) in [5.74, 6) is -0.577. The molecule has 6 nitrogen and oxygen atoms in total. The Labute approximate surface area is 183 Å². The molecule has 0 spiro atoms. The van der Waals surface area contributed by atoms with Crippen molar-refractivity contribution in [3.8, 4) is 17.0 Å². The molecular formula is C24H20N2O4S. The number of esters is 1. The van der Waals surface area contributed by atoms with Crippen molar-refractivity contribution in [3.63, 3.8) is 0 Å². The number of pyridine rings is 1. The largest absolute Gasteiger partial charge is 0.496 e. The average Bonchev–Trinajstić information content (AvgIpc) is 3.12. The number of carbonyl (C=O) groups is 2. The average molecular weight is 433 g/mol. The Morgan fingerprint density at radius 3 is 2.52 bits per heavy atom. The van der Waals surface area contributed by atoms with Crippen LogP contribution in [0.4, 0.5) is 5.69 Å². The zero-order valence-corrected chi connectivity index (χ0v) is 17.9. The van der Waals surface area contributed by atoms with Gasteiger partial charge in [0, 0.05) is 10.9 Å². The number of para-hydroxylation sites is 1. The van der Waals surface area contributed by atoms with Gasteiger partial charge in [-0.25, -0.2) is 9.78 Å². The molecule has 0 fully saturated rings. The molecule has 0 aliphatic carbocycles. The molecule has 31 heavy (non-hydrogen) atoms. The van der Waals surface area contributed by atoms with Crippen molar-refractivity contribution >= 4 is 39.0 Å². The van der Waals surface area contributed by atoms with E-state index in [1.54, 1.807) is 24.3 Å². The molecule has 2 heterocycles. The molecule has 0 aliphatic heterocycles. The topological polar surface area (TPSA) is 91.5 Å². The summed E-state index contributed by atoms with van der Waals surface area (Å²) in [5.41, 5.74) is 9.66. The van der Waals surface area contributed by atoms with Gasteiger partial charge in [-0.05, 0) is 30.7 Å². The third kappa shape index (κ3) is 4.00. The molecule has 0 unspecified atom stereocenters. The predicted molar refractivity (Wildman–Crippen MR) is 122 cm³/mol. The Hall–Kier alpha value is -3.71. The quantitative estimate of drug-likeness (QED) is 0.344. The van der Waals surface area contributed by atoms with Crippen LogP contribution in [-0.2, 0) is 4.74 Å². The first-order chi connectivity index (χ1) is 15.0. The van der Waals surface area contributed by atoms with E-state index in [-0.39, 0.29) is 10.7 Å². The van der Waals surface area contributed by atoms with Crippen molar-refractivity contribution in [1.29, 1.82) is 0 Å². The van der Waals surface area contributed by atoms with E-state index in [4.69, 9.17) is 20.2 Å². The molecule has 2 aromatic heterocycles. The SMILES string of the molecule is COc1ccccc1C(=O)COC(=O)c1sc2nc(-c3ccccc3)c(C)cc2c1N. The minimum absolute atomic E-state index is 0.236. The second-order valence-electron chi connectivity index (χ2n) is 6.92. The number of carbonyl (C=O) groups excluding carboxylic acids is 2. The molecule has 4 rings (SSSR count). The van der Waals surface area contributed by atoms with Crippen molar-refractivity contribution in [2.45, 2.75) is 6.92 Å². The maximum absolute atomic E-state index is 12.7. The number of thiophene rings is 1. The van der Waals surface area contributed by atoms with Crippen LogP contribution in [0.2, 0.25) is 0 Å². The first-order valence-electron chi connectivity index (χ1n) is 9.58. The van der Waals surface area contributed by atoms with E-state index in [1.807, 2.05) is 43.3 Å². The van der Waals surface area contributed by atoms with Crippen molar-refractivity contribution < 1.29 is 19.1 Å². The van der Waals surface area contributed by atoms with Crippen LogP contribution in [0.25, 0.3) is 21.5 Å². The van der Waals surface area contributed by atoms with Gasteiger partial charge >= 0.3 is 5.97 Å². The summed E-state index contributed by atoms with van der Waals surface area (Å²) in [6, 6.07) is 18.5. The number of aryl methyl sites for hydroxylation is 1. The molecular weight excluding hydrogens is 412 g/mol. The number of nitrogens with zero attached hydrogens (tertiary/aromatic N) is 1. The van der Waals surface area contributed by atoms with E-state index in [1.165, 1.54) is 7.11 Å². The number of methoxy groups -OCH3 is 1. The van der Waals surface area contributed by atoms with E-state index in [2.05, 4.69) is 0 Å². The number of Topliss-reactive ketones (excluding diaryl/α,β-unsaturated/α-hetero) is 1. The standard InChI is InChI=1S/C24H20N2O4S/c1-14-12-17-20(25)22(31-23(17)26-21(14)15-8-4-3-5-9-15)24(28)30-13-18(27)16-10-6-7-11-19(16)29-2/h3-12H,13,25H2,1-2H3. The minimum Gasteiger partial charge on any atom is -0.496 e. The van der Waals surface area contributed by atoms with Crippen LogP contribution in [0.15, 0.2) is 60.7 Å². The zero-order valence-electron chi connectivity index (χ0n) is 17.0. The van der Waals surface area contributed by atoms with Crippen molar-refractivity contribution in [3.05, 3.63) is 76.7 Å². The highest BCUT2D eigenvalue weighted by Crippen LogP contribution is 2.36. The van der Waals surface area contributed by atoms with E-state index in [9.17, 15) is 9.59 Å². The maximum Gasteiger partial charge on any atom is 0.350 e. The first kappa shape index (κ1) is 20.6. The molecule has 0 saturated heterocycles. The molecule has 7 heteroatoms. The predicted octanol–water partition coefficient (Wildman–Crippen LogP) is 4.90. The van der Waals surface area contributed by atoms with Gasteiger partial charge in [0.2, 0.25) is 5.78 Å². The smallest absolute Gasteiger partial charge is 0.350 e. The van der Waals surface area contributed by atoms with Gasteiger partial charge < -0.3 is 15.2 Å². The Kier molecular flexibility index (Phi) is 5.68. The monoisotopic (exact) mass is 432 g/mol.